The van der Waals surface area contributed by atoms with Gasteiger partial charge in [0.1, 0.15) is 0 Å². The number of rotatable bonds is 9. The van der Waals surface area contributed by atoms with Crippen molar-refractivity contribution in [1.82, 2.24) is 4.72 Å². The third kappa shape index (κ3) is 5.37. The van der Waals surface area contributed by atoms with Crippen molar-refractivity contribution in [3.05, 3.63) is 52.2 Å². The van der Waals surface area contributed by atoms with Crippen LogP contribution in [0.1, 0.15) is 34.7 Å². The maximum atomic E-state index is 12.3. The van der Waals surface area contributed by atoms with Crippen LogP contribution in [0.25, 0.3) is 0 Å². The molecule has 0 unspecified atom stereocenters. The van der Waals surface area contributed by atoms with E-state index in [1.165, 1.54) is 31.4 Å². The number of thiophene rings is 1. The molecule has 0 saturated heterocycles. The van der Waals surface area contributed by atoms with E-state index in [0.717, 1.165) is 5.56 Å². The van der Waals surface area contributed by atoms with Gasteiger partial charge in [-0.25, -0.2) is 17.9 Å². The molecule has 1 aromatic carbocycles. The number of esters is 1. The molecule has 0 bridgehead atoms. The fourth-order valence-corrected chi connectivity index (χ4v) is 4.27. The average molecular weight is 383 g/mol. The number of sulfonamides is 1. The standard InChI is InChI=1S/C17H21NO5S2/c1-23-17(20)14-2-4-16(5-3-14)25(21,22)18-9-6-13(7-10-19)15-8-11-24-12-15/h2-5,8,11-13,18-19H,6-7,9-10H2,1H3/t13-/m0/s1. The number of ether oxygens (including phenoxy) is 1. The quantitative estimate of drug-likeness (QED) is 0.649. The van der Waals surface area contributed by atoms with E-state index in [1.54, 1.807) is 11.3 Å². The van der Waals surface area contributed by atoms with Gasteiger partial charge in [0, 0.05) is 13.2 Å². The number of nitrogens with one attached hydrogen (secondary N) is 1. The van der Waals surface area contributed by atoms with Gasteiger partial charge in [-0.1, -0.05) is 0 Å². The van der Waals surface area contributed by atoms with Crippen molar-refractivity contribution in [2.24, 2.45) is 0 Å². The Morgan fingerprint density at radius 2 is 1.96 bits per heavy atom. The zero-order valence-electron chi connectivity index (χ0n) is 13.8. The molecule has 8 heteroatoms. The van der Waals surface area contributed by atoms with E-state index < -0.39 is 16.0 Å². The zero-order valence-corrected chi connectivity index (χ0v) is 15.5. The fourth-order valence-electron chi connectivity index (χ4n) is 2.48. The highest BCUT2D eigenvalue weighted by molar-refractivity contribution is 7.89. The summed E-state index contributed by atoms with van der Waals surface area (Å²) in [6.07, 6.45) is 1.18. The molecule has 0 spiro atoms. The molecule has 0 radical (unpaired) electrons. The van der Waals surface area contributed by atoms with Gasteiger partial charge in [0.05, 0.1) is 17.6 Å². The van der Waals surface area contributed by atoms with Gasteiger partial charge in [-0.15, -0.1) is 0 Å². The molecule has 2 rings (SSSR count). The number of carbonyl (C=O) groups excluding carboxylic acids is 1. The van der Waals surface area contributed by atoms with Crippen LogP contribution >= 0.6 is 11.3 Å². The number of methoxy groups -OCH3 is 1. The summed E-state index contributed by atoms with van der Waals surface area (Å²) in [5.74, 6) is -0.403. The number of aliphatic hydroxyl groups is 1. The summed E-state index contributed by atoms with van der Waals surface area (Å²) in [7, 11) is -2.38. The lowest BCUT2D eigenvalue weighted by Crippen LogP contribution is -2.26. The Labute approximate surface area is 151 Å². The van der Waals surface area contributed by atoms with Crippen LogP contribution in [-0.4, -0.2) is 39.8 Å². The molecule has 0 aliphatic heterocycles. The lowest BCUT2D eigenvalue weighted by atomic mass is 9.95. The van der Waals surface area contributed by atoms with Crippen molar-refractivity contribution < 1.29 is 23.1 Å². The van der Waals surface area contributed by atoms with Crippen molar-refractivity contribution in [3.8, 4) is 0 Å². The van der Waals surface area contributed by atoms with Crippen LogP contribution in [0, 0.1) is 0 Å². The van der Waals surface area contributed by atoms with Crippen molar-refractivity contribution in [3.63, 3.8) is 0 Å². The molecule has 0 aliphatic carbocycles. The first-order chi connectivity index (χ1) is 12.0. The molecule has 0 amide bonds. The Morgan fingerprint density at radius 3 is 2.52 bits per heavy atom. The summed E-state index contributed by atoms with van der Waals surface area (Å²) in [4.78, 5) is 11.5. The molecule has 6 nitrogen and oxygen atoms in total. The predicted octanol–water partition coefficient (Wildman–Crippen LogP) is 2.37. The van der Waals surface area contributed by atoms with Gasteiger partial charge >= 0.3 is 5.97 Å². The van der Waals surface area contributed by atoms with Gasteiger partial charge in [0.25, 0.3) is 0 Å². The van der Waals surface area contributed by atoms with E-state index >= 15 is 0 Å². The van der Waals surface area contributed by atoms with E-state index in [4.69, 9.17) is 0 Å². The Hall–Kier alpha value is -1.74. The highest BCUT2D eigenvalue weighted by Gasteiger charge is 2.17. The van der Waals surface area contributed by atoms with Crippen LogP contribution in [0.3, 0.4) is 0 Å². The second-order valence-electron chi connectivity index (χ2n) is 5.47. The predicted molar refractivity (Wildman–Crippen MR) is 96.3 cm³/mol. The molecule has 0 aliphatic rings. The van der Waals surface area contributed by atoms with Crippen LogP contribution in [0.5, 0.6) is 0 Å². The molecular weight excluding hydrogens is 362 g/mol. The first kappa shape index (κ1) is 19.6. The van der Waals surface area contributed by atoms with Gasteiger partial charge in [0.2, 0.25) is 10.0 Å². The first-order valence-corrected chi connectivity index (χ1v) is 10.2. The Bertz CT molecular complexity index is 770. The topological polar surface area (TPSA) is 92.7 Å². The van der Waals surface area contributed by atoms with Crippen molar-refractivity contribution in [2.45, 2.75) is 23.7 Å². The summed E-state index contributed by atoms with van der Waals surface area (Å²) in [5, 5.41) is 13.2. The molecular formula is C17H21NO5S2. The largest absolute Gasteiger partial charge is 0.465 e. The Balaban J connectivity index is 1.97. The summed E-state index contributed by atoms with van der Waals surface area (Å²) < 4.78 is 31.8. The van der Waals surface area contributed by atoms with Gasteiger partial charge in [-0.2, -0.15) is 11.3 Å². The fraction of sp³-hybridized carbons (Fsp3) is 0.353. The monoisotopic (exact) mass is 383 g/mol. The highest BCUT2D eigenvalue weighted by atomic mass is 32.2. The van der Waals surface area contributed by atoms with E-state index in [-0.39, 0.29) is 24.0 Å². The van der Waals surface area contributed by atoms with Crippen LogP contribution in [0.2, 0.25) is 0 Å². The molecule has 2 aromatic rings. The van der Waals surface area contributed by atoms with E-state index in [9.17, 15) is 18.3 Å². The minimum Gasteiger partial charge on any atom is -0.465 e. The van der Waals surface area contributed by atoms with Crippen LogP contribution in [-0.2, 0) is 14.8 Å². The lowest BCUT2D eigenvalue weighted by Gasteiger charge is -2.15. The number of hydrogen-bond donors (Lipinski definition) is 2. The van der Waals surface area contributed by atoms with Crippen molar-refractivity contribution in [2.75, 3.05) is 20.3 Å². The molecule has 1 aromatic heterocycles. The van der Waals surface area contributed by atoms with Crippen LogP contribution in [0.4, 0.5) is 0 Å². The minimum atomic E-state index is -3.65. The maximum absolute atomic E-state index is 12.3. The molecule has 1 atom stereocenters. The summed E-state index contributed by atoms with van der Waals surface area (Å²) in [6.45, 7) is 0.323. The average Bonchev–Trinajstić information content (AvgIpc) is 3.15. The third-order valence-electron chi connectivity index (χ3n) is 3.86. The number of hydrogen-bond acceptors (Lipinski definition) is 6. The van der Waals surface area contributed by atoms with Crippen molar-refractivity contribution >= 4 is 27.3 Å². The minimum absolute atomic E-state index is 0.0578. The summed E-state index contributed by atoms with van der Waals surface area (Å²) >= 11 is 1.58. The summed E-state index contributed by atoms with van der Waals surface area (Å²) in [5.41, 5.74) is 1.41. The number of aliphatic hydroxyl groups excluding tert-OH is 1. The Kier molecular flexibility index (Phi) is 7.12. The summed E-state index contributed by atoms with van der Waals surface area (Å²) in [6, 6.07) is 7.57. The lowest BCUT2D eigenvalue weighted by molar-refractivity contribution is 0.0600. The van der Waals surface area contributed by atoms with Gasteiger partial charge in [0.15, 0.2) is 0 Å². The number of benzene rings is 1. The molecule has 25 heavy (non-hydrogen) atoms. The molecule has 1 heterocycles. The van der Waals surface area contributed by atoms with Crippen LogP contribution < -0.4 is 4.72 Å². The van der Waals surface area contributed by atoms with E-state index in [0.29, 0.717) is 18.4 Å². The molecule has 0 fully saturated rings. The molecule has 2 N–H and O–H groups in total. The van der Waals surface area contributed by atoms with Crippen molar-refractivity contribution in [1.29, 1.82) is 0 Å². The van der Waals surface area contributed by atoms with Crippen LogP contribution in [0.15, 0.2) is 46.0 Å². The normalized spacial score (nSPS) is 12.7. The van der Waals surface area contributed by atoms with Gasteiger partial charge in [-0.3, -0.25) is 0 Å². The first-order valence-electron chi connectivity index (χ1n) is 7.79. The second-order valence-corrected chi connectivity index (χ2v) is 8.02. The Morgan fingerprint density at radius 1 is 1.24 bits per heavy atom. The second kappa shape index (κ2) is 9.10. The van der Waals surface area contributed by atoms with E-state index in [1.807, 2.05) is 16.8 Å². The number of carbonyl (C=O) groups is 1. The highest BCUT2D eigenvalue weighted by Crippen LogP contribution is 2.25. The smallest absolute Gasteiger partial charge is 0.337 e. The third-order valence-corrected chi connectivity index (χ3v) is 6.04. The van der Waals surface area contributed by atoms with Gasteiger partial charge < -0.3 is 9.84 Å². The molecule has 136 valence electrons. The zero-order chi connectivity index (χ0) is 18.3. The SMILES string of the molecule is COC(=O)c1ccc(S(=O)(=O)NCC[C@@H](CCO)c2ccsc2)cc1. The molecule has 0 saturated carbocycles. The maximum Gasteiger partial charge on any atom is 0.337 e. The van der Waals surface area contributed by atoms with E-state index in [2.05, 4.69) is 9.46 Å². The van der Waals surface area contributed by atoms with Gasteiger partial charge in [-0.05, 0) is 65.4 Å².